The molecule has 1 rings (SSSR count). The first-order chi connectivity index (χ1) is 5.14. The minimum Gasteiger partial charge on any atom is -0.367 e. The molecule has 60 valence electrons. The van der Waals surface area contributed by atoms with Crippen LogP contribution in [0.2, 0.25) is 0 Å². The van der Waals surface area contributed by atoms with Crippen LogP contribution >= 0.6 is 0 Å². The van der Waals surface area contributed by atoms with E-state index in [0.29, 0.717) is 6.61 Å². The van der Waals surface area contributed by atoms with Crippen LogP contribution in [0.25, 0.3) is 0 Å². The Balaban J connectivity index is 2.25. The molecule has 0 saturated heterocycles. The summed E-state index contributed by atoms with van der Waals surface area (Å²) in [4.78, 5) is 0. The maximum Gasteiger partial charge on any atom is 0.0808 e. The first-order valence-corrected chi connectivity index (χ1v) is 3.79. The summed E-state index contributed by atoms with van der Waals surface area (Å²) in [5, 5.41) is 0. The van der Waals surface area contributed by atoms with Gasteiger partial charge in [-0.3, -0.25) is 0 Å². The zero-order valence-corrected chi connectivity index (χ0v) is 7.13. The van der Waals surface area contributed by atoms with E-state index in [4.69, 9.17) is 4.74 Å². The van der Waals surface area contributed by atoms with E-state index in [0.717, 1.165) is 0 Å². The quantitative estimate of drug-likeness (QED) is 0.559. The Morgan fingerprint density at radius 1 is 1.64 bits per heavy atom. The van der Waals surface area contributed by atoms with Gasteiger partial charge in [-0.15, -0.1) is 6.58 Å². The molecular formula is C10H14O. The van der Waals surface area contributed by atoms with Crippen LogP contribution < -0.4 is 0 Å². The van der Waals surface area contributed by atoms with E-state index >= 15 is 0 Å². The summed E-state index contributed by atoms with van der Waals surface area (Å²) in [7, 11) is 0. The second-order valence-electron chi connectivity index (χ2n) is 3.20. The van der Waals surface area contributed by atoms with Crippen LogP contribution in [-0.2, 0) is 4.74 Å². The van der Waals surface area contributed by atoms with Gasteiger partial charge < -0.3 is 4.74 Å². The Kier molecular flexibility index (Phi) is 2.30. The molecule has 0 unspecified atom stereocenters. The molecule has 1 aliphatic carbocycles. The highest BCUT2D eigenvalue weighted by Crippen LogP contribution is 2.15. The van der Waals surface area contributed by atoms with Crippen LogP contribution in [0.15, 0.2) is 36.5 Å². The Hall–Kier alpha value is -0.820. The van der Waals surface area contributed by atoms with E-state index in [1.54, 1.807) is 0 Å². The van der Waals surface area contributed by atoms with Crippen molar-refractivity contribution in [3.8, 4) is 0 Å². The van der Waals surface area contributed by atoms with Gasteiger partial charge in [-0.25, -0.2) is 0 Å². The van der Waals surface area contributed by atoms with Gasteiger partial charge in [-0.1, -0.05) is 24.3 Å². The van der Waals surface area contributed by atoms with Gasteiger partial charge in [-0.05, 0) is 19.4 Å². The number of allylic oxidation sites excluding steroid dienone is 2. The molecule has 1 heteroatoms. The van der Waals surface area contributed by atoms with E-state index in [2.05, 4.69) is 18.7 Å². The molecule has 0 heterocycles. The van der Waals surface area contributed by atoms with Gasteiger partial charge in [0.1, 0.15) is 0 Å². The van der Waals surface area contributed by atoms with Crippen LogP contribution in [0.1, 0.15) is 13.8 Å². The Morgan fingerprint density at radius 2 is 2.27 bits per heavy atom. The van der Waals surface area contributed by atoms with Crippen molar-refractivity contribution in [2.75, 3.05) is 6.61 Å². The number of rotatable bonds is 4. The maximum atomic E-state index is 5.54. The van der Waals surface area contributed by atoms with Gasteiger partial charge in [0, 0.05) is 0 Å². The molecule has 0 N–H and O–H groups in total. The number of hydrogen-bond donors (Lipinski definition) is 0. The van der Waals surface area contributed by atoms with Crippen molar-refractivity contribution < 1.29 is 4.74 Å². The third-order valence-corrected chi connectivity index (χ3v) is 1.72. The van der Waals surface area contributed by atoms with E-state index in [1.807, 2.05) is 26.0 Å². The summed E-state index contributed by atoms with van der Waals surface area (Å²) in [6.45, 7) is 8.39. The average Bonchev–Trinajstić information content (AvgIpc) is 1.84. The first kappa shape index (κ1) is 8.28. The van der Waals surface area contributed by atoms with Crippen molar-refractivity contribution in [2.24, 2.45) is 0 Å². The smallest absolute Gasteiger partial charge is 0.0808 e. The molecule has 1 nitrogen and oxygen atoms in total. The molecule has 0 aromatic rings. The van der Waals surface area contributed by atoms with Crippen molar-refractivity contribution in [3.05, 3.63) is 36.5 Å². The Labute approximate surface area is 68.1 Å². The second-order valence-corrected chi connectivity index (χ2v) is 3.20. The van der Waals surface area contributed by atoms with Crippen LogP contribution in [-0.4, -0.2) is 12.2 Å². The normalized spacial score (nSPS) is 15.6. The highest BCUT2D eigenvalue weighted by atomic mass is 16.5. The van der Waals surface area contributed by atoms with Crippen LogP contribution in [0.4, 0.5) is 0 Å². The predicted molar refractivity (Wildman–Crippen MR) is 47.5 cm³/mol. The van der Waals surface area contributed by atoms with Crippen molar-refractivity contribution >= 4 is 0 Å². The van der Waals surface area contributed by atoms with Crippen LogP contribution in [0.5, 0.6) is 0 Å². The van der Waals surface area contributed by atoms with Crippen LogP contribution in [0.3, 0.4) is 0 Å². The molecule has 0 bridgehead atoms. The summed E-state index contributed by atoms with van der Waals surface area (Å²) in [6.07, 6.45) is 7.94. The minimum atomic E-state index is -0.204. The second kappa shape index (κ2) is 3.05. The van der Waals surface area contributed by atoms with E-state index in [-0.39, 0.29) is 5.60 Å². The lowest BCUT2D eigenvalue weighted by Gasteiger charge is -2.21. The fourth-order valence-corrected chi connectivity index (χ4v) is 0.657. The molecule has 11 heavy (non-hydrogen) atoms. The molecule has 0 radical (unpaired) electrons. The lowest BCUT2D eigenvalue weighted by molar-refractivity contribution is 0.0360. The lowest BCUT2D eigenvalue weighted by atomic mass is 10.1. The van der Waals surface area contributed by atoms with Crippen molar-refractivity contribution in [3.63, 3.8) is 0 Å². The third kappa shape index (κ3) is 2.35. The summed E-state index contributed by atoms with van der Waals surface area (Å²) >= 11 is 0. The molecule has 0 spiro atoms. The summed E-state index contributed by atoms with van der Waals surface area (Å²) in [6, 6.07) is 0. The molecule has 0 saturated carbocycles. The standard InChI is InChI=1S/C10H14O/c1-4-10(2,3)11-8-9-6-5-7-9/h4-7H,1,8H2,2-3H3. The maximum absolute atomic E-state index is 5.54. The molecule has 1 aliphatic rings. The van der Waals surface area contributed by atoms with Crippen LogP contribution in [0, 0.1) is 0 Å². The van der Waals surface area contributed by atoms with E-state index in [1.165, 1.54) is 5.57 Å². The highest BCUT2D eigenvalue weighted by molar-refractivity contribution is 5.35. The van der Waals surface area contributed by atoms with Gasteiger partial charge in [0.2, 0.25) is 0 Å². The van der Waals surface area contributed by atoms with Crippen molar-refractivity contribution in [2.45, 2.75) is 19.4 Å². The largest absolute Gasteiger partial charge is 0.367 e. The van der Waals surface area contributed by atoms with E-state index < -0.39 is 0 Å². The molecule has 0 aromatic heterocycles. The average molecular weight is 150 g/mol. The fourth-order valence-electron chi connectivity index (χ4n) is 0.657. The molecule has 0 aliphatic heterocycles. The molecule has 0 aromatic carbocycles. The molecule has 0 atom stereocenters. The van der Waals surface area contributed by atoms with E-state index in [9.17, 15) is 0 Å². The zero-order valence-electron chi connectivity index (χ0n) is 7.13. The molecule has 0 fully saturated rings. The Bertz CT molecular complexity index is 209. The Morgan fingerprint density at radius 3 is 2.64 bits per heavy atom. The van der Waals surface area contributed by atoms with Crippen molar-refractivity contribution in [1.82, 2.24) is 0 Å². The predicted octanol–water partition coefficient (Wildman–Crippen LogP) is 2.46. The van der Waals surface area contributed by atoms with Gasteiger partial charge >= 0.3 is 0 Å². The SMILES string of the molecule is C=CC(C)(C)OCC1=CC=C1. The fraction of sp³-hybridized carbons (Fsp3) is 0.400. The number of ether oxygens (including phenoxy) is 1. The van der Waals surface area contributed by atoms with Gasteiger partial charge in [0.15, 0.2) is 0 Å². The van der Waals surface area contributed by atoms with Gasteiger partial charge in [0.25, 0.3) is 0 Å². The third-order valence-electron chi connectivity index (χ3n) is 1.72. The zero-order chi connectivity index (χ0) is 8.32. The van der Waals surface area contributed by atoms with Crippen molar-refractivity contribution in [1.29, 1.82) is 0 Å². The monoisotopic (exact) mass is 150 g/mol. The summed E-state index contributed by atoms with van der Waals surface area (Å²) in [5.41, 5.74) is 1.05. The topological polar surface area (TPSA) is 9.23 Å². The minimum absolute atomic E-state index is 0.204. The summed E-state index contributed by atoms with van der Waals surface area (Å²) in [5.74, 6) is 0. The lowest BCUT2D eigenvalue weighted by Crippen LogP contribution is -2.22. The first-order valence-electron chi connectivity index (χ1n) is 3.79. The molecular weight excluding hydrogens is 136 g/mol. The number of hydrogen-bond acceptors (Lipinski definition) is 1. The van der Waals surface area contributed by atoms with Gasteiger partial charge in [0.05, 0.1) is 12.2 Å². The molecule has 0 amide bonds. The highest BCUT2D eigenvalue weighted by Gasteiger charge is 2.13. The summed E-state index contributed by atoms with van der Waals surface area (Å²) < 4.78 is 5.54. The van der Waals surface area contributed by atoms with Gasteiger partial charge in [-0.2, -0.15) is 0 Å².